The Morgan fingerprint density at radius 1 is 0.913 bits per heavy atom. The van der Waals surface area contributed by atoms with E-state index in [0.717, 1.165) is 13.6 Å². The Balaban J connectivity index is 1.18. The third-order valence-corrected chi connectivity index (χ3v) is 15.6. The number of hydrogen-bond donors (Lipinski definition) is 6. The number of piperidine rings is 2. The molecule has 14 atom stereocenters. The number of halogens is 2. The molecule has 1 spiro atoms. The standard InChI is InChI=1S/C34H45I2NO9/c1-17-4-7-24-29(3,40)33(43)23(15-37(24)14-17)31(42)16-32-22(30(31,41)13-25(33)38)6-5-21-28(32,2)9-8-26(34(21,44)46-32)45-27(39)18-10-19(35)12-20(36)11-18/h10-12,17,21-26,38,40-44H,4-9,13-16H2,1-3H3/t17-,21-,22-,23-,24-,25-,26-,28-,29+,30+,31+,32+,33-,34-/m0/s1. The van der Waals surface area contributed by atoms with Crippen molar-refractivity contribution in [3.63, 3.8) is 0 Å². The van der Waals surface area contributed by atoms with Crippen LogP contribution in [0.25, 0.3) is 0 Å². The summed E-state index contributed by atoms with van der Waals surface area (Å²) in [7, 11) is 0. The molecule has 7 aliphatic rings. The van der Waals surface area contributed by atoms with Gasteiger partial charge < -0.3 is 40.1 Å². The molecule has 12 heteroatoms. The van der Waals surface area contributed by atoms with Gasteiger partial charge in [-0.2, -0.15) is 0 Å². The summed E-state index contributed by atoms with van der Waals surface area (Å²) in [5.41, 5.74) is -9.11. The molecule has 1 aromatic carbocycles. The number of benzene rings is 1. The molecule has 4 bridgehead atoms. The van der Waals surface area contributed by atoms with Crippen LogP contribution >= 0.6 is 45.2 Å². The molecule has 3 saturated heterocycles. The minimum atomic E-state index is -2.08. The molecule has 8 rings (SSSR count). The van der Waals surface area contributed by atoms with Crippen LogP contribution in [0.2, 0.25) is 0 Å². The molecule has 0 aromatic heterocycles. The summed E-state index contributed by atoms with van der Waals surface area (Å²) in [6.45, 7) is 6.64. The average molecular weight is 866 g/mol. The van der Waals surface area contributed by atoms with E-state index in [0.29, 0.717) is 50.1 Å². The van der Waals surface area contributed by atoms with Gasteiger partial charge in [0.2, 0.25) is 5.79 Å². The summed E-state index contributed by atoms with van der Waals surface area (Å²) in [6, 6.07) is 5.05. The van der Waals surface area contributed by atoms with E-state index in [-0.39, 0.29) is 19.4 Å². The van der Waals surface area contributed by atoms with Crippen LogP contribution < -0.4 is 0 Å². The van der Waals surface area contributed by atoms with Gasteiger partial charge >= 0.3 is 5.97 Å². The van der Waals surface area contributed by atoms with Crippen LogP contribution in [-0.4, -0.2) is 107 Å². The van der Waals surface area contributed by atoms with Crippen LogP contribution in [0.4, 0.5) is 0 Å². The number of aliphatic hydroxyl groups excluding tert-OH is 1. The van der Waals surface area contributed by atoms with Gasteiger partial charge in [0, 0.05) is 62.3 Å². The van der Waals surface area contributed by atoms with Crippen LogP contribution in [0.3, 0.4) is 0 Å². The van der Waals surface area contributed by atoms with E-state index in [1.54, 1.807) is 19.1 Å². The van der Waals surface area contributed by atoms with E-state index in [4.69, 9.17) is 9.47 Å². The highest BCUT2D eigenvalue weighted by molar-refractivity contribution is 14.1. The molecular formula is C34H45I2NO9. The molecule has 6 N–H and O–H groups in total. The number of carbonyl (C=O) groups is 1. The summed E-state index contributed by atoms with van der Waals surface area (Å²) in [4.78, 5) is 15.5. The first-order valence-corrected chi connectivity index (χ1v) is 18.9. The zero-order valence-electron chi connectivity index (χ0n) is 26.5. The Bertz CT molecular complexity index is 1480. The van der Waals surface area contributed by atoms with Crippen molar-refractivity contribution in [1.29, 1.82) is 0 Å². The molecule has 254 valence electrons. The van der Waals surface area contributed by atoms with Gasteiger partial charge in [0.15, 0.2) is 6.10 Å². The van der Waals surface area contributed by atoms with Gasteiger partial charge in [-0.25, -0.2) is 4.79 Å². The maximum Gasteiger partial charge on any atom is 0.338 e. The highest BCUT2D eigenvalue weighted by Gasteiger charge is 2.88. The minimum Gasteiger partial charge on any atom is -0.453 e. The number of hydrogen-bond acceptors (Lipinski definition) is 10. The average Bonchev–Trinajstić information content (AvgIpc) is 3.13. The zero-order valence-corrected chi connectivity index (χ0v) is 30.8. The Hall–Kier alpha value is -0.170. The van der Waals surface area contributed by atoms with Crippen molar-refractivity contribution in [2.24, 2.45) is 29.1 Å². The monoisotopic (exact) mass is 865 g/mol. The Morgan fingerprint density at radius 3 is 2.28 bits per heavy atom. The molecule has 3 aliphatic heterocycles. The largest absolute Gasteiger partial charge is 0.453 e. The van der Waals surface area contributed by atoms with Crippen LogP contribution in [0, 0.1) is 36.2 Å². The molecule has 1 aromatic rings. The Morgan fingerprint density at radius 2 is 1.59 bits per heavy atom. The van der Waals surface area contributed by atoms with Gasteiger partial charge in [-0.05, 0) is 115 Å². The maximum absolute atomic E-state index is 13.4. The lowest BCUT2D eigenvalue weighted by Gasteiger charge is -2.68. The molecule has 0 unspecified atom stereocenters. The predicted octanol–water partition coefficient (Wildman–Crippen LogP) is 2.55. The summed E-state index contributed by atoms with van der Waals surface area (Å²) < 4.78 is 14.7. The lowest BCUT2D eigenvalue weighted by atomic mass is 9.49. The van der Waals surface area contributed by atoms with Crippen molar-refractivity contribution < 1.29 is 44.9 Å². The fourth-order valence-electron chi connectivity index (χ4n) is 12.3. The topological polar surface area (TPSA) is 160 Å². The maximum atomic E-state index is 13.4. The van der Waals surface area contributed by atoms with Gasteiger partial charge in [-0.15, -0.1) is 0 Å². The van der Waals surface area contributed by atoms with Gasteiger partial charge in [0.1, 0.15) is 22.4 Å². The molecule has 10 nitrogen and oxygen atoms in total. The van der Waals surface area contributed by atoms with E-state index in [1.165, 1.54) is 0 Å². The van der Waals surface area contributed by atoms with Gasteiger partial charge in [-0.1, -0.05) is 13.8 Å². The fourth-order valence-corrected chi connectivity index (χ4v) is 14.3. The summed E-state index contributed by atoms with van der Waals surface area (Å²) >= 11 is 4.31. The second-order valence-corrected chi connectivity index (χ2v) is 18.8. The van der Waals surface area contributed by atoms with E-state index < -0.39 is 81.2 Å². The summed E-state index contributed by atoms with van der Waals surface area (Å²) in [6.07, 6.45) is 0.476. The second kappa shape index (κ2) is 9.99. The van der Waals surface area contributed by atoms with Gasteiger partial charge in [0.25, 0.3) is 0 Å². The molecule has 0 amide bonds. The minimum absolute atomic E-state index is 0.0734. The predicted molar refractivity (Wildman–Crippen MR) is 181 cm³/mol. The first-order chi connectivity index (χ1) is 21.4. The molecule has 0 radical (unpaired) electrons. The summed E-state index contributed by atoms with van der Waals surface area (Å²) in [5.74, 6) is -4.18. The Labute approximate surface area is 296 Å². The first-order valence-electron chi connectivity index (χ1n) is 16.8. The normalized spacial score (nSPS) is 55.6. The van der Waals surface area contributed by atoms with Crippen LogP contribution in [0.15, 0.2) is 18.2 Å². The van der Waals surface area contributed by atoms with Gasteiger partial charge in [0.05, 0.1) is 17.3 Å². The van der Waals surface area contributed by atoms with E-state index >= 15 is 0 Å². The number of ether oxygens (including phenoxy) is 2. The Kier molecular flexibility index (Phi) is 7.17. The van der Waals surface area contributed by atoms with E-state index in [1.807, 2.05) is 13.0 Å². The zero-order chi connectivity index (χ0) is 33.0. The molecule has 4 aliphatic carbocycles. The second-order valence-electron chi connectivity index (χ2n) is 16.4. The van der Waals surface area contributed by atoms with Crippen LogP contribution in [0.1, 0.15) is 82.5 Å². The summed E-state index contributed by atoms with van der Waals surface area (Å²) in [5, 5.41) is 74.6. The molecule has 3 heterocycles. The van der Waals surface area contributed by atoms with Crippen molar-refractivity contribution in [3.8, 4) is 0 Å². The van der Waals surface area contributed by atoms with Crippen molar-refractivity contribution in [1.82, 2.24) is 4.90 Å². The molecule has 4 saturated carbocycles. The molecule has 7 fully saturated rings. The van der Waals surface area contributed by atoms with Crippen molar-refractivity contribution in [2.75, 3.05) is 13.1 Å². The number of rotatable bonds is 2. The van der Waals surface area contributed by atoms with E-state index in [2.05, 4.69) is 57.0 Å². The fraction of sp³-hybridized carbons (Fsp3) is 0.794. The lowest BCUT2D eigenvalue weighted by molar-refractivity contribution is -0.354. The number of nitrogens with zero attached hydrogens (tertiary/aromatic N) is 1. The number of aliphatic hydroxyl groups is 6. The smallest absolute Gasteiger partial charge is 0.338 e. The van der Waals surface area contributed by atoms with Crippen molar-refractivity contribution in [3.05, 3.63) is 30.9 Å². The lowest BCUT2D eigenvalue weighted by Crippen LogP contribution is -2.85. The quantitative estimate of drug-likeness (QED) is 0.193. The first kappa shape index (κ1) is 33.0. The van der Waals surface area contributed by atoms with Crippen LogP contribution in [0.5, 0.6) is 0 Å². The number of esters is 1. The highest BCUT2D eigenvalue weighted by Crippen LogP contribution is 2.78. The third kappa shape index (κ3) is 3.78. The number of fused-ring (bicyclic) bond motifs is 5. The SMILES string of the molecule is C[C@H]1CC[C@@H]2N(C1)C[C@@H]1[C@](O)([C@@H](O)C[C@@]3(O)[C@@H]4CC[C@@H]5[C@]6(O)O[C@@]4(C[C@@]13O)[C@@]5(C)CC[C@@H]6OC(=O)c1cc(I)cc(I)c1)[C@]2(C)O. The third-order valence-electron chi connectivity index (χ3n) is 14.4. The molecule has 46 heavy (non-hydrogen) atoms. The van der Waals surface area contributed by atoms with Crippen molar-refractivity contribution >= 4 is 51.2 Å². The van der Waals surface area contributed by atoms with Crippen molar-refractivity contribution in [2.45, 2.75) is 124 Å². The van der Waals surface area contributed by atoms with E-state index in [9.17, 15) is 35.4 Å². The number of carbonyl (C=O) groups excluding carboxylic acids is 1. The van der Waals surface area contributed by atoms with Gasteiger partial charge in [-0.3, -0.25) is 4.90 Å². The molecular weight excluding hydrogens is 820 g/mol. The highest BCUT2D eigenvalue weighted by atomic mass is 127. The van der Waals surface area contributed by atoms with Crippen LogP contribution in [-0.2, 0) is 9.47 Å².